The van der Waals surface area contributed by atoms with Crippen LogP contribution in [0.25, 0.3) is 11.2 Å². The third-order valence-electron chi connectivity index (χ3n) is 2.56. The summed E-state index contributed by atoms with van der Waals surface area (Å²) in [5, 5.41) is 10.7. The fourth-order valence-electron chi connectivity index (χ4n) is 1.65. The van der Waals surface area contributed by atoms with Crippen LogP contribution in [-0.2, 0) is 0 Å². The van der Waals surface area contributed by atoms with E-state index in [2.05, 4.69) is 19.9 Å². The normalized spacial score (nSPS) is 10.8. The van der Waals surface area contributed by atoms with Crippen LogP contribution < -0.4 is 4.74 Å². The van der Waals surface area contributed by atoms with Gasteiger partial charge in [-0.05, 0) is 17.7 Å². The number of hydrogen-bond donors (Lipinski definition) is 1. The van der Waals surface area contributed by atoms with Gasteiger partial charge in [-0.2, -0.15) is 9.97 Å². The van der Waals surface area contributed by atoms with Gasteiger partial charge in [0.2, 0.25) is 11.2 Å². The van der Waals surface area contributed by atoms with Gasteiger partial charge in [-0.1, -0.05) is 11.6 Å². The second-order valence-corrected chi connectivity index (χ2v) is 4.62. The zero-order valence-electron chi connectivity index (χ0n) is 10.1. The number of nitrogens with zero attached hydrogens (tertiary/aromatic N) is 4. The van der Waals surface area contributed by atoms with Crippen LogP contribution in [0.1, 0.15) is 0 Å². The van der Waals surface area contributed by atoms with Gasteiger partial charge in [-0.15, -0.1) is 0 Å². The number of aromatic nitrogens is 4. The van der Waals surface area contributed by atoms with E-state index in [0.29, 0.717) is 11.2 Å². The topological polar surface area (TPSA) is 107 Å². The molecule has 0 amide bonds. The summed E-state index contributed by atoms with van der Waals surface area (Å²) in [5.74, 6) is 0.325. The minimum atomic E-state index is -0.551. The van der Waals surface area contributed by atoms with Crippen molar-refractivity contribution in [1.29, 1.82) is 0 Å². The highest BCUT2D eigenvalue weighted by atomic mass is 35.5. The van der Waals surface area contributed by atoms with E-state index in [1.807, 2.05) is 0 Å². The molecule has 0 radical (unpaired) electrons. The summed E-state index contributed by atoms with van der Waals surface area (Å²) in [6.07, 6.45) is 1.42. The van der Waals surface area contributed by atoms with E-state index < -0.39 is 4.92 Å². The lowest BCUT2D eigenvalue weighted by Crippen LogP contribution is -1.94. The van der Waals surface area contributed by atoms with Gasteiger partial charge < -0.3 is 9.72 Å². The van der Waals surface area contributed by atoms with Crippen molar-refractivity contribution in [3.05, 3.63) is 44.9 Å². The number of aromatic amines is 1. The Morgan fingerprint density at radius 1 is 1.29 bits per heavy atom. The molecule has 0 fully saturated rings. The summed E-state index contributed by atoms with van der Waals surface area (Å²) in [5.41, 5.74) is 0.636. The summed E-state index contributed by atoms with van der Waals surface area (Å²) in [4.78, 5) is 24.7. The monoisotopic (exact) mass is 325 g/mol. The number of hydrogen-bond acceptors (Lipinski definition) is 6. The first kappa shape index (κ1) is 13.5. The molecule has 0 saturated heterocycles. The Balaban J connectivity index is 2.02. The highest BCUT2D eigenvalue weighted by Gasteiger charge is 2.15. The van der Waals surface area contributed by atoms with E-state index in [-0.39, 0.29) is 27.6 Å². The predicted molar refractivity (Wildman–Crippen MR) is 74.9 cm³/mol. The van der Waals surface area contributed by atoms with Gasteiger partial charge in [-0.25, -0.2) is 4.98 Å². The number of fused-ring (bicyclic) bond motifs is 1. The van der Waals surface area contributed by atoms with Crippen molar-refractivity contribution in [2.75, 3.05) is 0 Å². The van der Waals surface area contributed by atoms with Gasteiger partial charge in [0.25, 0.3) is 5.69 Å². The van der Waals surface area contributed by atoms with E-state index >= 15 is 0 Å². The highest BCUT2D eigenvalue weighted by molar-refractivity contribution is 6.32. The molecule has 2 aromatic heterocycles. The second kappa shape index (κ2) is 5.15. The number of H-pyrrole nitrogens is 1. The maximum Gasteiger partial charge on any atom is 0.271 e. The molecule has 8 nitrogen and oxygen atoms in total. The van der Waals surface area contributed by atoms with Crippen LogP contribution in [0.5, 0.6) is 11.6 Å². The molecule has 0 spiro atoms. The number of non-ortho nitro benzene ring substituents is 1. The summed E-state index contributed by atoms with van der Waals surface area (Å²) in [6.45, 7) is 0. The number of rotatable bonds is 3. The van der Waals surface area contributed by atoms with Crippen molar-refractivity contribution in [3.63, 3.8) is 0 Å². The standard InChI is InChI=1S/C11H5Cl2N5O3/c12-6-3-5(18(19)20)1-2-7(6)21-10-8-9(15-4-14-8)16-11(13)17-10/h1-4H,(H,14,15,16,17). The van der Waals surface area contributed by atoms with Crippen molar-refractivity contribution >= 4 is 40.1 Å². The molecule has 0 unspecified atom stereocenters. The molecule has 10 heteroatoms. The largest absolute Gasteiger partial charge is 0.435 e. The lowest BCUT2D eigenvalue weighted by Gasteiger charge is -2.07. The minimum absolute atomic E-state index is 0.0392. The molecule has 3 aromatic rings. The number of imidazole rings is 1. The van der Waals surface area contributed by atoms with Gasteiger partial charge in [-0.3, -0.25) is 10.1 Å². The minimum Gasteiger partial charge on any atom is -0.435 e. The SMILES string of the molecule is O=[N+]([O-])c1ccc(Oc2nc(Cl)nc3nc[nH]c23)c(Cl)c1. The zero-order valence-corrected chi connectivity index (χ0v) is 11.6. The first-order chi connectivity index (χ1) is 10.0. The molecule has 1 N–H and O–H groups in total. The average molecular weight is 326 g/mol. The van der Waals surface area contributed by atoms with Gasteiger partial charge in [0.05, 0.1) is 16.3 Å². The summed E-state index contributed by atoms with van der Waals surface area (Å²) >= 11 is 11.7. The zero-order chi connectivity index (χ0) is 15.0. The number of ether oxygens (including phenoxy) is 1. The summed E-state index contributed by atoms with van der Waals surface area (Å²) < 4.78 is 5.53. The van der Waals surface area contributed by atoms with Crippen molar-refractivity contribution in [2.24, 2.45) is 0 Å². The molecule has 3 rings (SSSR count). The number of halogens is 2. The van der Waals surface area contributed by atoms with E-state index in [4.69, 9.17) is 27.9 Å². The molecular weight excluding hydrogens is 321 g/mol. The van der Waals surface area contributed by atoms with E-state index in [1.165, 1.54) is 24.5 Å². The number of nitro groups is 1. The molecule has 0 atom stereocenters. The Morgan fingerprint density at radius 3 is 2.81 bits per heavy atom. The predicted octanol–water partition coefficient (Wildman–Crippen LogP) is 3.36. The molecule has 0 saturated carbocycles. The lowest BCUT2D eigenvalue weighted by molar-refractivity contribution is -0.384. The number of nitrogens with one attached hydrogen (secondary N) is 1. The van der Waals surface area contributed by atoms with Gasteiger partial charge in [0.15, 0.2) is 5.65 Å². The lowest BCUT2D eigenvalue weighted by atomic mass is 10.3. The Hall–Kier alpha value is -2.45. The molecule has 1 aromatic carbocycles. The molecule has 0 aliphatic heterocycles. The van der Waals surface area contributed by atoms with Gasteiger partial charge in [0.1, 0.15) is 11.3 Å². The van der Waals surface area contributed by atoms with Crippen molar-refractivity contribution in [2.45, 2.75) is 0 Å². The maximum absolute atomic E-state index is 10.7. The Labute approximate surface area is 126 Å². The van der Waals surface area contributed by atoms with Crippen molar-refractivity contribution < 1.29 is 9.66 Å². The maximum atomic E-state index is 10.7. The Kier molecular flexibility index (Phi) is 3.32. The highest BCUT2D eigenvalue weighted by Crippen LogP contribution is 2.33. The van der Waals surface area contributed by atoms with Gasteiger partial charge >= 0.3 is 0 Å². The van der Waals surface area contributed by atoms with Crippen LogP contribution in [-0.4, -0.2) is 24.9 Å². The van der Waals surface area contributed by atoms with Crippen molar-refractivity contribution in [1.82, 2.24) is 19.9 Å². The van der Waals surface area contributed by atoms with Crippen molar-refractivity contribution in [3.8, 4) is 11.6 Å². The first-order valence-corrected chi connectivity index (χ1v) is 6.28. The molecule has 0 aliphatic rings. The molecule has 0 bridgehead atoms. The van der Waals surface area contributed by atoms with Crippen LogP contribution >= 0.6 is 23.2 Å². The number of benzene rings is 1. The van der Waals surface area contributed by atoms with Crippen LogP contribution in [0, 0.1) is 10.1 Å². The first-order valence-electron chi connectivity index (χ1n) is 5.53. The Morgan fingerprint density at radius 2 is 2.10 bits per heavy atom. The smallest absolute Gasteiger partial charge is 0.271 e. The second-order valence-electron chi connectivity index (χ2n) is 3.87. The van der Waals surface area contributed by atoms with Gasteiger partial charge in [0, 0.05) is 12.1 Å². The number of nitro benzene ring substituents is 1. The third kappa shape index (κ3) is 2.58. The average Bonchev–Trinajstić information content (AvgIpc) is 2.88. The summed E-state index contributed by atoms with van der Waals surface area (Å²) in [6, 6.07) is 3.83. The fraction of sp³-hybridized carbons (Fsp3) is 0. The van der Waals surface area contributed by atoms with E-state index in [1.54, 1.807) is 0 Å². The summed E-state index contributed by atoms with van der Waals surface area (Å²) in [7, 11) is 0. The molecule has 21 heavy (non-hydrogen) atoms. The van der Waals surface area contributed by atoms with Crippen LogP contribution in [0.4, 0.5) is 5.69 Å². The molecular formula is C11H5Cl2N5O3. The van der Waals surface area contributed by atoms with Crippen LogP contribution in [0.2, 0.25) is 10.3 Å². The van der Waals surface area contributed by atoms with E-state index in [0.717, 1.165) is 0 Å². The molecule has 2 heterocycles. The Bertz CT molecular complexity index is 851. The van der Waals surface area contributed by atoms with Crippen LogP contribution in [0.15, 0.2) is 24.5 Å². The molecule has 0 aliphatic carbocycles. The quantitative estimate of drug-likeness (QED) is 0.449. The molecule has 106 valence electrons. The fourth-order valence-corrected chi connectivity index (χ4v) is 2.02. The van der Waals surface area contributed by atoms with Crippen LogP contribution in [0.3, 0.4) is 0 Å². The third-order valence-corrected chi connectivity index (χ3v) is 3.02. The van der Waals surface area contributed by atoms with E-state index in [9.17, 15) is 10.1 Å².